The van der Waals surface area contributed by atoms with E-state index < -0.39 is 5.97 Å². The number of nitriles is 1. The van der Waals surface area contributed by atoms with E-state index in [1.807, 2.05) is 6.07 Å². The second-order valence-corrected chi connectivity index (χ2v) is 5.71. The van der Waals surface area contributed by atoms with Crippen molar-refractivity contribution in [2.75, 3.05) is 19.7 Å². The van der Waals surface area contributed by atoms with Crippen molar-refractivity contribution in [3.63, 3.8) is 0 Å². The summed E-state index contributed by atoms with van der Waals surface area (Å²) < 4.78 is 4.84. The predicted octanol–water partition coefficient (Wildman–Crippen LogP) is 3.00. The second-order valence-electron chi connectivity index (χ2n) is 5.27. The van der Waals surface area contributed by atoms with E-state index in [0.29, 0.717) is 10.6 Å². The van der Waals surface area contributed by atoms with Crippen LogP contribution in [0.4, 0.5) is 0 Å². The van der Waals surface area contributed by atoms with E-state index >= 15 is 0 Å². The molecule has 0 atom stereocenters. The summed E-state index contributed by atoms with van der Waals surface area (Å²) in [6.07, 6.45) is 0.314. The van der Waals surface area contributed by atoms with Crippen molar-refractivity contribution < 1.29 is 19.1 Å². The number of carbonyl (C=O) groups excluding carboxylic acids is 3. The highest BCUT2D eigenvalue weighted by atomic mass is 35.5. The van der Waals surface area contributed by atoms with Gasteiger partial charge in [0.1, 0.15) is 0 Å². The fourth-order valence-corrected chi connectivity index (χ4v) is 2.29. The van der Waals surface area contributed by atoms with Gasteiger partial charge in [0.2, 0.25) is 5.91 Å². The van der Waals surface area contributed by atoms with Gasteiger partial charge in [0, 0.05) is 36.5 Å². The van der Waals surface area contributed by atoms with Gasteiger partial charge in [-0.25, -0.2) is 0 Å². The average Bonchev–Trinajstić information content (AvgIpc) is 2.60. The molecule has 0 aliphatic rings. The summed E-state index contributed by atoms with van der Waals surface area (Å²) in [5, 5.41) is 9.24. The molecule has 0 N–H and O–H groups in total. The molecule has 0 saturated carbocycles. The zero-order chi connectivity index (χ0) is 18.7. The maximum absolute atomic E-state index is 12.3. The lowest BCUT2D eigenvalue weighted by Crippen LogP contribution is -2.34. The van der Waals surface area contributed by atoms with Gasteiger partial charge in [-0.2, -0.15) is 5.26 Å². The SMILES string of the molecule is CCOC(=O)CCN(CCC#N)C(=O)CCC(=O)c1ccc(Cl)cc1. The molecule has 0 spiro atoms. The first-order valence-corrected chi connectivity index (χ1v) is 8.44. The molecule has 1 aromatic carbocycles. The molecule has 1 amide bonds. The van der Waals surface area contributed by atoms with Crippen LogP contribution >= 0.6 is 11.6 Å². The van der Waals surface area contributed by atoms with Crippen molar-refractivity contribution in [1.29, 1.82) is 5.26 Å². The summed E-state index contributed by atoms with van der Waals surface area (Å²) >= 11 is 5.78. The third-order valence-electron chi connectivity index (χ3n) is 3.47. The van der Waals surface area contributed by atoms with E-state index in [4.69, 9.17) is 21.6 Å². The molecule has 0 saturated heterocycles. The van der Waals surface area contributed by atoms with E-state index in [-0.39, 0.29) is 57.1 Å². The molecular weight excluding hydrogens is 344 g/mol. The number of Topliss-reactive ketones (excluding diaryl/α,β-unsaturated/α-hetero) is 1. The Morgan fingerprint density at radius 2 is 1.80 bits per heavy atom. The van der Waals surface area contributed by atoms with E-state index in [2.05, 4.69) is 0 Å². The quantitative estimate of drug-likeness (QED) is 0.470. The minimum absolute atomic E-state index is 0.0235. The minimum atomic E-state index is -0.394. The smallest absolute Gasteiger partial charge is 0.307 e. The maximum atomic E-state index is 12.3. The molecule has 0 unspecified atom stereocenters. The zero-order valence-electron chi connectivity index (χ0n) is 14.2. The maximum Gasteiger partial charge on any atom is 0.307 e. The Morgan fingerprint density at radius 3 is 2.40 bits per heavy atom. The fraction of sp³-hybridized carbons (Fsp3) is 0.444. The number of benzene rings is 1. The largest absolute Gasteiger partial charge is 0.466 e. The molecule has 0 heterocycles. The van der Waals surface area contributed by atoms with E-state index in [1.165, 1.54) is 4.90 Å². The van der Waals surface area contributed by atoms with Gasteiger partial charge in [0.15, 0.2) is 5.78 Å². The number of esters is 1. The first-order valence-electron chi connectivity index (χ1n) is 8.07. The van der Waals surface area contributed by atoms with Gasteiger partial charge in [-0.05, 0) is 31.2 Å². The number of hydrogen-bond acceptors (Lipinski definition) is 5. The lowest BCUT2D eigenvalue weighted by Gasteiger charge is -2.21. The Kier molecular flexibility index (Phi) is 9.26. The average molecular weight is 365 g/mol. The Bertz CT molecular complexity index is 637. The first kappa shape index (κ1) is 20.7. The highest BCUT2D eigenvalue weighted by Crippen LogP contribution is 2.12. The van der Waals surface area contributed by atoms with Gasteiger partial charge in [-0.3, -0.25) is 14.4 Å². The van der Waals surface area contributed by atoms with Crippen molar-refractivity contribution in [2.24, 2.45) is 0 Å². The Morgan fingerprint density at radius 1 is 1.12 bits per heavy atom. The van der Waals surface area contributed by atoms with Crippen molar-refractivity contribution >= 4 is 29.3 Å². The molecule has 0 fully saturated rings. The lowest BCUT2D eigenvalue weighted by molar-refractivity contribution is -0.144. The Labute approximate surface area is 152 Å². The van der Waals surface area contributed by atoms with Crippen LogP contribution < -0.4 is 0 Å². The molecular formula is C18H21ClN2O4. The van der Waals surface area contributed by atoms with E-state index in [0.717, 1.165) is 0 Å². The van der Waals surface area contributed by atoms with Crippen LogP contribution in [0, 0.1) is 11.3 Å². The van der Waals surface area contributed by atoms with Crippen LogP contribution in [-0.4, -0.2) is 42.3 Å². The molecule has 1 aromatic rings. The molecule has 25 heavy (non-hydrogen) atoms. The second kappa shape index (κ2) is 11.2. The standard InChI is InChI=1S/C18H21ClN2O4/c1-2-25-18(24)10-13-21(12-3-11-20)17(23)9-8-16(22)14-4-6-15(19)7-5-14/h4-7H,2-3,8-10,12-13H2,1H3. The number of ketones is 1. The van der Waals surface area contributed by atoms with Gasteiger partial charge in [0.05, 0.1) is 25.5 Å². The van der Waals surface area contributed by atoms with Crippen LogP contribution in [0.15, 0.2) is 24.3 Å². The molecule has 0 aliphatic heterocycles. The van der Waals surface area contributed by atoms with Crippen LogP contribution in [0.3, 0.4) is 0 Å². The summed E-state index contributed by atoms with van der Waals surface area (Å²) in [7, 11) is 0. The number of ether oxygens (including phenoxy) is 1. The molecule has 0 radical (unpaired) electrons. The van der Waals surface area contributed by atoms with Crippen molar-refractivity contribution in [2.45, 2.75) is 32.6 Å². The third kappa shape index (κ3) is 7.81. The van der Waals surface area contributed by atoms with Gasteiger partial charge in [-0.15, -0.1) is 0 Å². The molecule has 134 valence electrons. The number of rotatable bonds is 10. The predicted molar refractivity (Wildman–Crippen MR) is 93.1 cm³/mol. The number of amides is 1. The monoisotopic (exact) mass is 364 g/mol. The first-order chi connectivity index (χ1) is 12.0. The van der Waals surface area contributed by atoms with Crippen molar-refractivity contribution in [3.8, 4) is 6.07 Å². The van der Waals surface area contributed by atoms with Crippen molar-refractivity contribution in [3.05, 3.63) is 34.9 Å². The topological polar surface area (TPSA) is 87.5 Å². The molecule has 0 aromatic heterocycles. The summed E-state index contributed by atoms with van der Waals surface area (Å²) in [5.41, 5.74) is 0.493. The van der Waals surface area contributed by atoms with Crippen LogP contribution in [0.5, 0.6) is 0 Å². The number of carbonyl (C=O) groups is 3. The number of hydrogen-bond donors (Lipinski definition) is 0. The molecule has 6 nitrogen and oxygen atoms in total. The van der Waals surface area contributed by atoms with Crippen LogP contribution in [-0.2, 0) is 14.3 Å². The summed E-state index contributed by atoms with van der Waals surface area (Å²) in [4.78, 5) is 37.3. The van der Waals surface area contributed by atoms with Gasteiger partial charge in [-0.1, -0.05) is 11.6 Å². The summed E-state index contributed by atoms with van der Waals surface area (Å²) in [6.45, 7) is 2.39. The van der Waals surface area contributed by atoms with Crippen LogP contribution in [0.1, 0.15) is 43.0 Å². The Balaban J connectivity index is 2.55. The summed E-state index contributed by atoms with van der Waals surface area (Å²) in [5.74, 6) is -0.813. The number of nitrogens with zero attached hydrogens (tertiary/aromatic N) is 2. The molecule has 7 heteroatoms. The normalized spacial score (nSPS) is 9.96. The summed E-state index contributed by atoms with van der Waals surface area (Å²) in [6, 6.07) is 8.44. The van der Waals surface area contributed by atoms with Gasteiger partial charge in [0.25, 0.3) is 0 Å². The van der Waals surface area contributed by atoms with Gasteiger partial charge >= 0.3 is 5.97 Å². The minimum Gasteiger partial charge on any atom is -0.466 e. The number of halogens is 1. The molecule has 1 rings (SSSR count). The van der Waals surface area contributed by atoms with Crippen LogP contribution in [0.25, 0.3) is 0 Å². The molecule has 0 aliphatic carbocycles. The van der Waals surface area contributed by atoms with Crippen molar-refractivity contribution in [1.82, 2.24) is 4.90 Å². The third-order valence-corrected chi connectivity index (χ3v) is 3.72. The van der Waals surface area contributed by atoms with Gasteiger partial charge < -0.3 is 9.64 Å². The van der Waals surface area contributed by atoms with E-state index in [9.17, 15) is 14.4 Å². The molecule has 0 bridgehead atoms. The fourth-order valence-electron chi connectivity index (χ4n) is 2.16. The van der Waals surface area contributed by atoms with Crippen LogP contribution in [0.2, 0.25) is 5.02 Å². The zero-order valence-corrected chi connectivity index (χ0v) is 14.9. The van der Waals surface area contributed by atoms with E-state index in [1.54, 1.807) is 31.2 Å². The highest BCUT2D eigenvalue weighted by molar-refractivity contribution is 6.30. The lowest BCUT2D eigenvalue weighted by atomic mass is 10.1. The highest BCUT2D eigenvalue weighted by Gasteiger charge is 2.17. The Hall–Kier alpha value is -2.39.